The number of nitrogens with one attached hydrogen (secondary N) is 1. The highest BCUT2D eigenvalue weighted by atomic mass is 19.4. The number of nitrogens with zero attached hydrogens (tertiary/aromatic N) is 1. The lowest BCUT2D eigenvalue weighted by molar-refractivity contribution is -0.187. The van der Waals surface area contributed by atoms with Crippen LogP contribution in [0.4, 0.5) is 13.2 Å². The van der Waals surface area contributed by atoms with E-state index in [1.165, 1.54) is 19.2 Å². The van der Waals surface area contributed by atoms with Gasteiger partial charge in [0.2, 0.25) is 0 Å². The number of aromatic nitrogens is 1. The van der Waals surface area contributed by atoms with Crippen LogP contribution in [0.5, 0.6) is 11.5 Å². The van der Waals surface area contributed by atoms with Crippen LogP contribution >= 0.6 is 0 Å². The first-order valence-electron chi connectivity index (χ1n) is 9.81. The maximum atomic E-state index is 13.3. The fraction of sp³-hybridized carbons (Fsp3) is 0.524. The van der Waals surface area contributed by atoms with Gasteiger partial charge in [0.1, 0.15) is 12.4 Å². The zero-order valence-corrected chi connectivity index (χ0v) is 17.1. The van der Waals surface area contributed by atoms with Gasteiger partial charge in [-0.1, -0.05) is 18.0 Å². The lowest BCUT2D eigenvalue weighted by atomic mass is 9.84. The van der Waals surface area contributed by atoms with Crippen molar-refractivity contribution in [3.05, 3.63) is 40.8 Å². The van der Waals surface area contributed by atoms with Gasteiger partial charge in [-0.2, -0.15) is 13.2 Å². The molecule has 1 aromatic carbocycles. The van der Waals surface area contributed by atoms with Gasteiger partial charge in [-0.15, -0.1) is 0 Å². The van der Waals surface area contributed by atoms with Crippen molar-refractivity contribution in [2.75, 3.05) is 7.11 Å². The van der Waals surface area contributed by atoms with Gasteiger partial charge in [-0.05, 0) is 44.9 Å². The van der Waals surface area contributed by atoms with Crippen LogP contribution in [0.2, 0.25) is 0 Å². The molecule has 1 aliphatic carbocycles. The van der Waals surface area contributed by atoms with Gasteiger partial charge in [0.05, 0.1) is 24.3 Å². The summed E-state index contributed by atoms with van der Waals surface area (Å²) in [7, 11) is 1.43. The van der Waals surface area contributed by atoms with Gasteiger partial charge in [-0.3, -0.25) is 4.79 Å². The topological polar surface area (TPSA) is 73.6 Å². The van der Waals surface area contributed by atoms with Crippen LogP contribution in [-0.4, -0.2) is 30.4 Å². The van der Waals surface area contributed by atoms with Crippen LogP contribution in [0.25, 0.3) is 0 Å². The molecule has 1 saturated carbocycles. The molecular formula is C21H25F3N2O4. The quantitative estimate of drug-likeness (QED) is 0.723. The van der Waals surface area contributed by atoms with E-state index in [0.717, 1.165) is 5.56 Å². The predicted molar refractivity (Wildman–Crippen MR) is 103 cm³/mol. The second-order valence-electron chi connectivity index (χ2n) is 7.47. The van der Waals surface area contributed by atoms with Gasteiger partial charge in [0.25, 0.3) is 5.91 Å². The molecule has 0 spiro atoms. The van der Waals surface area contributed by atoms with E-state index in [2.05, 4.69) is 10.5 Å². The molecule has 6 nitrogen and oxygen atoms in total. The van der Waals surface area contributed by atoms with Crippen molar-refractivity contribution in [3.63, 3.8) is 0 Å². The molecule has 1 amide bonds. The van der Waals surface area contributed by atoms with E-state index in [1.54, 1.807) is 19.9 Å². The Labute approximate surface area is 172 Å². The minimum Gasteiger partial charge on any atom is -0.493 e. The SMILES string of the molecule is COc1cc(C(=O)NC2CCCCC2C(F)(F)F)ccc1OCc1c(C)noc1C. The number of benzene rings is 1. The molecule has 0 saturated heterocycles. The summed E-state index contributed by atoms with van der Waals surface area (Å²) >= 11 is 0. The molecular weight excluding hydrogens is 401 g/mol. The molecule has 3 rings (SSSR count). The second-order valence-corrected chi connectivity index (χ2v) is 7.47. The minimum atomic E-state index is -4.33. The Kier molecular flexibility index (Phi) is 6.58. The van der Waals surface area contributed by atoms with Crippen LogP contribution < -0.4 is 14.8 Å². The summed E-state index contributed by atoms with van der Waals surface area (Å²) in [5.74, 6) is -0.721. The summed E-state index contributed by atoms with van der Waals surface area (Å²) < 4.78 is 56.0. The third-order valence-corrected chi connectivity index (χ3v) is 5.48. The van der Waals surface area contributed by atoms with Crippen LogP contribution in [0.1, 0.15) is 53.1 Å². The van der Waals surface area contributed by atoms with Gasteiger partial charge < -0.3 is 19.3 Å². The molecule has 0 radical (unpaired) electrons. The summed E-state index contributed by atoms with van der Waals surface area (Å²) in [6, 6.07) is 3.61. The molecule has 1 heterocycles. The Hall–Kier alpha value is -2.71. The normalized spacial score (nSPS) is 19.4. The van der Waals surface area contributed by atoms with E-state index >= 15 is 0 Å². The number of hydrogen-bond acceptors (Lipinski definition) is 5. The lowest BCUT2D eigenvalue weighted by Crippen LogP contribution is -2.47. The summed E-state index contributed by atoms with van der Waals surface area (Å²) in [6.07, 6.45) is -2.80. The maximum Gasteiger partial charge on any atom is 0.393 e. The summed E-state index contributed by atoms with van der Waals surface area (Å²) in [4.78, 5) is 12.6. The van der Waals surface area contributed by atoms with Crippen molar-refractivity contribution in [2.45, 2.75) is 58.4 Å². The molecule has 1 N–H and O–H groups in total. The molecule has 0 aliphatic heterocycles. The number of carbonyl (C=O) groups excluding carboxylic acids is 1. The number of aryl methyl sites for hydroxylation is 2. The average molecular weight is 426 g/mol. The van der Waals surface area contributed by atoms with Gasteiger partial charge >= 0.3 is 6.18 Å². The zero-order valence-electron chi connectivity index (χ0n) is 17.1. The van der Waals surface area contributed by atoms with Crippen molar-refractivity contribution in [2.24, 2.45) is 5.92 Å². The molecule has 0 bridgehead atoms. The average Bonchev–Trinajstić information content (AvgIpc) is 3.03. The van der Waals surface area contributed by atoms with Crippen LogP contribution in [-0.2, 0) is 6.61 Å². The molecule has 2 unspecified atom stereocenters. The number of rotatable bonds is 6. The van der Waals surface area contributed by atoms with Gasteiger partial charge in [0, 0.05) is 11.6 Å². The number of hydrogen-bond donors (Lipinski definition) is 1. The molecule has 1 aromatic heterocycles. The monoisotopic (exact) mass is 426 g/mol. The summed E-state index contributed by atoms with van der Waals surface area (Å²) in [5.41, 5.74) is 1.74. The Morgan fingerprint density at radius 2 is 1.97 bits per heavy atom. The molecule has 164 valence electrons. The van der Waals surface area contributed by atoms with E-state index < -0.39 is 24.0 Å². The summed E-state index contributed by atoms with van der Waals surface area (Å²) in [5, 5.41) is 6.42. The molecule has 1 fully saturated rings. The third-order valence-electron chi connectivity index (χ3n) is 5.48. The Balaban J connectivity index is 1.71. The van der Waals surface area contributed by atoms with E-state index in [4.69, 9.17) is 14.0 Å². The van der Waals surface area contributed by atoms with Gasteiger partial charge in [-0.25, -0.2) is 0 Å². The summed E-state index contributed by atoms with van der Waals surface area (Å²) in [6.45, 7) is 3.79. The highest BCUT2D eigenvalue weighted by Crippen LogP contribution is 2.38. The highest BCUT2D eigenvalue weighted by Gasteiger charge is 2.46. The Bertz CT molecular complexity index is 875. The fourth-order valence-electron chi connectivity index (χ4n) is 3.73. The smallest absolute Gasteiger partial charge is 0.393 e. The first-order chi connectivity index (χ1) is 14.2. The number of alkyl halides is 3. The first-order valence-corrected chi connectivity index (χ1v) is 9.81. The van der Waals surface area contributed by atoms with Crippen molar-refractivity contribution in [1.82, 2.24) is 10.5 Å². The number of carbonyl (C=O) groups is 1. The van der Waals surface area contributed by atoms with Gasteiger partial charge in [0.15, 0.2) is 11.5 Å². The number of amides is 1. The number of halogens is 3. The standard InChI is InChI=1S/C21H25F3N2O4/c1-12-15(13(2)30-26-12)11-29-18-9-8-14(10-19(18)28-3)20(27)25-17-7-5-4-6-16(17)21(22,23)24/h8-10,16-17H,4-7,11H2,1-3H3,(H,25,27). The molecule has 2 aromatic rings. The maximum absolute atomic E-state index is 13.3. The Morgan fingerprint density at radius 1 is 1.23 bits per heavy atom. The molecule has 30 heavy (non-hydrogen) atoms. The molecule has 1 aliphatic rings. The van der Waals surface area contributed by atoms with E-state index in [9.17, 15) is 18.0 Å². The second kappa shape index (κ2) is 8.97. The van der Waals surface area contributed by atoms with E-state index in [-0.39, 0.29) is 18.6 Å². The van der Waals surface area contributed by atoms with E-state index in [1.807, 2.05) is 0 Å². The Morgan fingerprint density at radius 3 is 2.60 bits per heavy atom. The fourth-order valence-corrected chi connectivity index (χ4v) is 3.73. The third kappa shape index (κ3) is 4.88. The minimum absolute atomic E-state index is 0.0340. The number of methoxy groups -OCH3 is 1. The lowest BCUT2D eigenvalue weighted by Gasteiger charge is -2.33. The van der Waals surface area contributed by atoms with Crippen molar-refractivity contribution < 1.29 is 32.0 Å². The predicted octanol–water partition coefficient (Wildman–Crippen LogP) is 4.73. The largest absolute Gasteiger partial charge is 0.493 e. The van der Waals surface area contributed by atoms with Crippen molar-refractivity contribution >= 4 is 5.91 Å². The van der Waals surface area contributed by atoms with E-state index in [0.29, 0.717) is 42.2 Å². The molecule has 2 atom stereocenters. The highest BCUT2D eigenvalue weighted by molar-refractivity contribution is 5.95. The first kappa shape index (κ1) is 22.0. The van der Waals surface area contributed by atoms with Crippen LogP contribution in [0.15, 0.2) is 22.7 Å². The zero-order chi connectivity index (χ0) is 21.9. The van der Waals surface area contributed by atoms with Crippen molar-refractivity contribution in [1.29, 1.82) is 0 Å². The molecule has 9 heteroatoms. The van der Waals surface area contributed by atoms with Crippen LogP contribution in [0, 0.1) is 19.8 Å². The van der Waals surface area contributed by atoms with Crippen LogP contribution in [0.3, 0.4) is 0 Å². The van der Waals surface area contributed by atoms with Crippen molar-refractivity contribution in [3.8, 4) is 11.5 Å². The number of ether oxygens (including phenoxy) is 2.